The van der Waals surface area contributed by atoms with Crippen molar-refractivity contribution in [3.05, 3.63) is 29.6 Å². The molecule has 1 heterocycles. The molecule has 2 rings (SSSR count). The number of ketones is 1. The summed E-state index contributed by atoms with van der Waals surface area (Å²) in [5.74, 6) is -1.61. The number of benzene rings is 1. The maximum Gasteiger partial charge on any atom is 0.234 e. The van der Waals surface area contributed by atoms with Crippen LogP contribution >= 0.6 is 0 Å². The lowest BCUT2D eigenvalue weighted by Crippen LogP contribution is -2.40. The van der Waals surface area contributed by atoms with Crippen molar-refractivity contribution in [3.63, 3.8) is 0 Å². The van der Waals surface area contributed by atoms with Gasteiger partial charge < -0.3 is 10.1 Å². The Labute approximate surface area is 109 Å². The topological polar surface area (TPSA) is 79.2 Å². The zero-order valence-electron chi connectivity index (χ0n) is 9.98. The van der Waals surface area contributed by atoms with Gasteiger partial charge in [0.2, 0.25) is 5.91 Å². The fourth-order valence-electron chi connectivity index (χ4n) is 1.90. The van der Waals surface area contributed by atoms with Crippen LogP contribution in [0.1, 0.15) is 23.2 Å². The molecule has 0 aliphatic carbocycles. The largest absolute Gasteiger partial charge is 0.490 e. The number of carbonyl (C=O) groups is 2. The van der Waals surface area contributed by atoms with E-state index in [1.807, 2.05) is 0 Å². The monoisotopic (exact) mass is 262 g/mol. The highest BCUT2D eigenvalue weighted by Gasteiger charge is 2.29. The number of nitrogens with one attached hydrogen (secondary N) is 1. The highest BCUT2D eigenvalue weighted by atomic mass is 19.1. The van der Waals surface area contributed by atoms with Crippen LogP contribution in [0.4, 0.5) is 4.39 Å². The minimum atomic E-state index is -0.788. The number of hydrogen-bond acceptors (Lipinski definition) is 4. The van der Waals surface area contributed by atoms with E-state index in [-0.39, 0.29) is 30.8 Å². The molecule has 98 valence electrons. The second kappa shape index (κ2) is 5.48. The predicted molar refractivity (Wildman–Crippen MR) is 63.0 cm³/mol. The van der Waals surface area contributed by atoms with Crippen molar-refractivity contribution in [2.45, 2.75) is 18.9 Å². The Balaban J connectivity index is 2.24. The molecule has 6 heteroatoms. The third kappa shape index (κ3) is 2.71. The summed E-state index contributed by atoms with van der Waals surface area (Å²) in [5, 5.41) is 10.9. The molecule has 0 radical (unpaired) electrons. The van der Waals surface area contributed by atoms with E-state index in [2.05, 4.69) is 5.32 Å². The fourth-order valence-corrected chi connectivity index (χ4v) is 1.90. The first-order valence-corrected chi connectivity index (χ1v) is 5.75. The van der Waals surface area contributed by atoms with Gasteiger partial charge in [-0.15, -0.1) is 0 Å². The number of para-hydroxylation sites is 1. The number of nitrogens with zero attached hydrogens (tertiary/aromatic N) is 1. The molecule has 1 aromatic carbocycles. The number of nitriles is 1. The van der Waals surface area contributed by atoms with Gasteiger partial charge >= 0.3 is 0 Å². The van der Waals surface area contributed by atoms with Gasteiger partial charge in [0.25, 0.3) is 0 Å². The highest BCUT2D eigenvalue weighted by molar-refractivity contribution is 6.04. The average Bonchev–Trinajstić information content (AvgIpc) is 2.53. The molecule has 1 aliphatic rings. The summed E-state index contributed by atoms with van der Waals surface area (Å²) in [4.78, 5) is 23.5. The third-order valence-electron chi connectivity index (χ3n) is 2.78. The molecular weight excluding hydrogens is 251 g/mol. The summed E-state index contributed by atoms with van der Waals surface area (Å²) < 4.78 is 18.7. The van der Waals surface area contributed by atoms with Crippen LogP contribution < -0.4 is 10.1 Å². The summed E-state index contributed by atoms with van der Waals surface area (Å²) >= 11 is 0. The van der Waals surface area contributed by atoms with Crippen LogP contribution in [0.3, 0.4) is 0 Å². The van der Waals surface area contributed by atoms with Gasteiger partial charge in [0.15, 0.2) is 17.3 Å². The number of Topliss-reactive ketones (excluding diaryl/α,β-unsaturated/α-hetero) is 1. The number of rotatable bonds is 2. The maximum atomic E-state index is 13.5. The van der Waals surface area contributed by atoms with Gasteiger partial charge in [-0.1, -0.05) is 6.07 Å². The molecule has 19 heavy (non-hydrogen) atoms. The van der Waals surface area contributed by atoms with Crippen LogP contribution in [-0.2, 0) is 4.79 Å². The molecule has 0 aromatic heterocycles. The number of ether oxygens (including phenoxy) is 1. The van der Waals surface area contributed by atoms with Gasteiger partial charge in [0.1, 0.15) is 6.42 Å². The SMILES string of the molecule is N#CCC(=O)NC1CCOc2c(F)cccc2C1=O. The minimum Gasteiger partial charge on any atom is -0.490 e. The van der Waals surface area contributed by atoms with Gasteiger partial charge in [-0.05, 0) is 12.1 Å². The van der Waals surface area contributed by atoms with Crippen molar-refractivity contribution in [1.29, 1.82) is 5.26 Å². The zero-order chi connectivity index (χ0) is 13.8. The lowest BCUT2D eigenvalue weighted by Gasteiger charge is -2.13. The number of hydrogen-bond donors (Lipinski definition) is 1. The Morgan fingerprint density at radius 3 is 3.11 bits per heavy atom. The summed E-state index contributed by atoms with van der Waals surface area (Å²) in [6.07, 6.45) is -0.0786. The van der Waals surface area contributed by atoms with Gasteiger partial charge in [-0.25, -0.2) is 4.39 Å². The van der Waals surface area contributed by atoms with E-state index >= 15 is 0 Å². The highest BCUT2D eigenvalue weighted by Crippen LogP contribution is 2.27. The van der Waals surface area contributed by atoms with Crippen LogP contribution in [0.5, 0.6) is 5.75 Å². The van der Waals surface area contributed by atoms with E-state index in [1.165, 1.54) is 18.2 Å². The van der Waals surface area contributed by atoms with Crippen molar-refractivity contribution < 1.29 is 18.7 Å². The smallest absolute Gasteiger partial charge is 0.234 e. The number of halogens is 1. The van der Waals surface area contributed by atoms with Crippen molar-refractivity contribution >= 4 is 11.7 Å². The predicted octanol–water partition coefficient (Wildman–Crippen LogP) is 1.19. The molecule has 1 N–H and O–H groups in total. The Hall–Kier alpha value is -2.42. The van der Waals surface area contributed by atoms with Crippen LogP contribution in [0.2, 0.25) is 0 Å². The molecule has 0 fully saturated rings. The van der Waals surface area contributed by atoms with Crippen LogP contribution in [-0.4, -0.2) is 24.3 Å². The normalized spacial score (nSPS) is 17.7. The first kappa shape index (κ1) is 13.0. The second-order valence-electron chi connectivity index (χ2n) is 4.07. The molecule has 0 bridgehead atoms. The summed E-state index contributed by atoms with van der Waals surface area (Å²) in [6.45, 7) is 0.122. The Morgan fingerprint density at radius 1 is 1.58 bits per heavy atom. The third-order valence-corrected chi connectivity index (χ3v) is 2.78. The molecule has 1 atom stereocenters. The lowest BCUT2D eigenvalue weighted by molar-refractivity contribution is -0.120. The van der Waals surface area contributed by atoms with E-state index in [0.29, 0.717) is 0 Å². The quantitative estimate of drug-likeness (QED) is 0.868. The molecule has 0 saturated carbocycles. The molecule has 1 aromatic rings. The molecule has 0 spiro atoms. The Kier molecular flexibility index (Phi) is 3.76. The van der Waals surface area contributed by atoms with E-state index in [9.17, 15) is 14.0 Å². The van der Waals surface area contributed by atoms with Crippen LogP contribution in [0.15, 0.2) is 18.2 Å². The molecule has 0 saturated heterocycles. The van der Waals surface area contributed by atoms with Crippen LogP contribution in [0, 0.1) is 17.1 Å². The first-order valence-electron chi connectivity index (χ1n) is 5.75. The van der Waals surface area contributed by atoms with E-state index in [4.69, 9.17) is 10.00 Å². The van der Waals surface area contributed by atoms with Crippen molar-refractivity contribution in [2.24, 2.45) is 0 Å². The number of amides is 1. The number of carbonyl (C=O) groups excluding carboxylic acids is 2. The van der Waals surface area contributed by atoms with E-state index in [1.54, 1.807) is 6.07 Å². The second-order valence-corrected chi connectivity index (χ2v) is 4.07. The molecule has 1 amide bonds. The molecule has 1 aliphatic heterocycles. The molecule has 5 nitrogen and oxygen atoms in total. The average molecular weight is 262 g/mol. The van der Waals surface area contributed by atoms with Gasteiger partial charge in [-0.2, -0.15) is 5.26 Å². The Bertz CT molecular complexity index is 565. The van der Waals surface area contributed by atoms with E-state index in [0.717, 1.165) is 0 Å². The van der Waals surface area contributed by atoms with Gasteiger partial charge in [0, 0.05) is 6.42 Å². The standard InChI is InChI=1S/C13H11FN2O3/c14-9-3-1-2-8-12(18)10(5-7-19-13(8)9)16-11(17)4-6-15/h1-3,10H,4-5,7H2,(H,16,17). The zero-order valence-corrected chi connectivity index (χ0v) is 9.98. The minimum absolute atomic E-state index is 0.0791. The first-order chi connectivity index (χ1) is 9.13. The van der Waals surface area contributed by atoms with Crippen molar-refractivity contribution in [3.8, 4) is 11.8 Å². The maximum absolute atomic E-state index is 13.5. The van der Waals surface area contributed by atoms with E-state index < -0.39 is 23.5 Å². The summed E-state index contributed by atoms with van der Waals surface area (Å²) in [7, 11) is 0. The van der Waals surface area contributed by atoms with Gasteiger partial charge in [-0.3, -0.25) is 9.59 Å². The summed E-state index contributed by atoms with van der Waals surface area (Å²) in [6, 6.07) is 4.99. The van der Waals surface area contributed by atoms with Crippen LogP contribution in [0.25, 0.3) is 0 Å². The molecular formula is C13H11FN2O3. The molecule has 1 unspecified atom stereocenters. The fraction of sp³-hybridized carbons (Fsp3) is 0.308. The van der Waals surface area contributed by atoms with Crippen molar-refractivity contribution in [2.75, 3.05) is 6.61 Å². The lowest BCUT2D eigenvalue weighted by atomic mass is 10.0. The Morgan fingerprint density at radius 2 is 2.37 bits per heavy atom. The van der Waals surface area contributed by atoms with Crippen molar-refractivity contribution in [1.82, 2.24) is 5.32 Å². The number of fused-ring (bicyclic) bond motifs is 1. The van der Waals surface area contributed by atoms with Gasteiger partial charge in [0.05, 0.1) is 24.3 Å². The summed E-state index contributed by atoms with van der Waals surface area (Å²) in [5.41, 5.74) is 0.111.